The Morgan fingerprint density at radius 2 is 1.00 bits per heavy atom. The highest BCUT2D eigenvalue weighted by molar-refractivity contribution is 14.1. The van der Waals surface area contributed by atoms with Crippen LogP contribution in [0, 0.1) is 0 Å². The van der Waals surface area contributed by atoms with Crippen LogP contribution < -0.4 is 12.4 Å². The van der Waals surface area contributed by atoms with Crippen LogP contribution in [-0.4, -0.2) is 35.1 Å². The summed E-state index contributed by atoms with van der Waals surface area (Å²) < 4.78 is 2.75. The predicted molar refractivity (Wildman–Crippen MR) is 92.6 cm³/mol. The molecule has 0 radical (unpaired) electrons. The summed E-state index contributed by atoms with van der Waals surface area (Å²) in [5.41, 5.74) is 0. The van der Waals surface area contributed by atoms with E-state index < -0.39 is 0 Å². The summed E-state index contributed by atoms with van der Waals surface area (Å²) in [6.45, 7) is 12.7. The first-order chi connectivity index (χ1) is 8.74. The minimum atomic E-state index is 0. The zero-order valence-corrected chi connectivity index (χ0v) is 16.3. The second kappa shape index (κ2) is 15.4. The van der Waals surface area contributed by atoms with Gasteiger partial charge in [-0.1, -0.05) is 62.6 Å². The lowest BCUT2D eigenvalue weighted by atomic mass is 10.1. The van der Waals surface area contributed by atoms with Gasteiger partial charge in [0.2, 0.25) is 0 Å². The smallest absolute Gasteiger partial charge is 0.0786 e. The van der Waals surface area contributed by atoms with Crippen LogP contribution >= 0.6 is 22.6 Å². The highest BCUT2D eigenvalue weighted by Gasteiger charge is 2.24. The Balaban J connectivity index is 0. The van der Waals surface area contributed by atoms with Crippen LogP contribution in [-0.2, 0) is 0 Å². The van der Waals surface area contributed by atoms with Gasteiger partial charge in [0.15, 0.2) is 0 Å². The van der Waals surface area contributed by atoms with Crippen molar-refractivity contribution in [2.24, 2.45) is 0 Å². The average Bonchev–Trinajstić information content (AvgIpc) is 2.40. The molecule has 0 aliphatic rings. The first-order valence-corrected chi connectivity index (χ1v) is 9.68. The molecule has 0 fully saturated rings. The third-order valence-electron chi connectivity index (χ3n) is 3.97. The molecule has 0 bridgehead atoms. The van der Waals surface area contributed by atoms with Gasteiger partial charge in [0, 0.05) is 0 Å². The van der Waals surface area contributed by atoms with Gasteiger partial charge in [0.1, 0.15) is 0 Å². The van der Waals surface area contributed by atoms with E-state index in [1.165, 1.54) is 86.5 Å². The average molecular weight is 404 g/mol. The number of unbranched alkanes of at least 4 members (excludes halogenated alkanes) is 4. The van der Waals surface area contributed by atoms with Crippen LogP contribution in [0.4, 0.5) is 0 Å². The number of halogens is 2. The lowest BCUT2D eigenvalue weighted by Crippen LogP contribution is -3.00. The first kappa shape index (κ1) is 22.3. The summed E-state index contributed by atoms with van der Waals surface area (Å²) in [5, 5.41) is 0. The van der Waals surface area contributed by atoms with Gasteiger partial charge in [0.05, 0.1) is 26.2 Å². The molecule has 0 N–H and O–H groups in total. The molecule has 0 atom stereocenters. The van der Waals surface area contributed by atoms with Gasteiger partial charge in [-0.2, -0.15) is 0 Å². The lowest BCUT2D eigenvalue weighted by molar-refractivity contribution is -0.929. The Kier molecular flexibility index (Phi) is 18.0. The molecular weight excluding hydrogens is 369 g/mol. The second-order valence-corrected chi connectivity index (χ2v) is 6.77. The van der Waals surface area contributed by atoms with Crippen molar-refractivity contribution in [1.29, 1.82) is 0 Å². The SMILES string of the molecule is CCCC[N+](CCCC)(CCCC)CCCCI.[Cl-]. The Morgan fingerprint density at radius 1 is 0.632 bits per heavy atom. The molecule has 1 nitrogen and oxygen atoms in total. The largest absolute Gasteiger partial charge is 1.00 e. The van der Waals surface area contributed by atoms with E-state index in [2.05, 4.69) is 43.4 Å². The fourth-order valence-corrected chi connectivity index (χ4v) is 3.23. The van der Waals surface area contributed by atoms with Crippen LogP contribution in [0.25, 0.3) is 0 Å². The third kappa shape index (κ3) is 11.3. The number of alkyl halides is 1. The van der Waals surface area contributed by atoms with Gasteiger partial charge in [-0.15, -0.1) is 0 Å². The zero-order valence-electron chi connectivity index (χ0n) is 13.4. The van der Waals surface area contributed by atoms with Crippen molar-refractivity contribution in [3.8, 4) is 0 Å². The summed E-state index contributed by atoms with van der Waals surface area (Å²) in [7, 11) is 0. The molecule has 0 aromatic rings. The van der Waals surface area contributed by atoms with Crippen molar-refractivity contribution in [2.75, 3.05) is 30.6 Å². The summed E-state index contributed by atoms with van der Waals surface area (Å²) in [4.78, 5) is 0. The summed E-state index contributed by atoms with van der Waals surface area (Å²) in [6, 6.07) is 0. The maximum absolute atomic E-state index is 2.52. The Morgan fingerprint density at radius 3 is 1.32 bits per heavy atom. The fourth-order valence-electron chi connectivity index (χ4n) is 2.69. The number of nitrogens with zero attached hydrogens (tertiary/aromatic N) is 1. The lowest BCUT2D eigenvalue weighted by Gasteiger charge is -2.39. The first-order valence-electron chi connectivity index (χ1n) is 8.15. The summed E-state index contributed by atoms with van der Waals surface area (Å²) in [5.74, 6) is 0. The van der Waals surface area contributed by atoms with Gasteiger partial charge < -0.3 is 16.9 Å². The van der Waals surface area contributed by atoms with Gasteiger partial charge in [0.25, 0.3) is 0 Å². The molecule has 0 aliphatic heterocycles. The Hall–Kier alpha value is 0.980. The molecule has 0 saturated carbocycles. The van der Waals surface area contributed by atoms with Crippen LogP contribution in [0.5, 0.6) is 0 Å². The monoisotopic (exact) mass is 403 g/mol. The number of hydrogen-bond acceptors (Lipinski definition) is 0. The van der Waals surface area contributed by atoms with E-state index in [-0.39, 0.29) is 12.4 Å². The fraction of sp³-hybridized carbons (Fsp3) is 1.00. The third-order valence-corrected chi connectivity index (χ3v) is 4.74. The van der Waals surface area contributed by atoms with E-state index in [0.29, 0.717) is 0 Å². The van der Waals surface area contributed by atoms with Gasteiger partial charge in [-0.3, -0.25) is 0 Å². The van der Waals surface area contributed by atoms with Crippen molar-refractivity contribution < 1.29 is 16.9 Å². The van der Waals surface area contributed by atoms with Crippen LogP contribution in [0.2, 0.25) is 0 Å². The summed E-state index contributed by atoms with van der Waals surface area (Å²) in [6.07, 6.45) is 11.1. The molecule has 0 unspecified atom stereocenters. The molecule has 0 amide bonds. The number of quaternary nitrogens is 1. The Bertz CT molecular complexity index is 154. The molecule has 3 heteroatoms. The molecule has 0 aromatic heterocycles. The molecule has 0 aliphatic carbocycles. The molecule has 0 aromatic carbocycles. The highest BCUT2D eigenvalue weighted by atomic mass is 127. The molecule has 0 rings (SSSR count). The molecule has 0 heterocycles. The van der Waals surface area contributed by atoms with E-state index in [1.54, 1.807) is 0 Å². The minimum absolute atomic E-state index is 0. The van der Waals surface area contributed by atoms with Crippen LogP contribution in [0.1, 0.15) is 72.1 Å². The van der Waals surface area contributed by atoms with Crippen molar-refractivity contribution >= 4 is 22.6 Å². The van der Waals surface area contributed by atoms with Gasteiger partial charge in [-0.05, 0) is 36.5 Å². The highest BCUT2D eigenvalue weighted by Crippen LogP contribution is 2.16. The normalized spacial score (nSPS) is 11.4. The zero-order chi connectivity index (χ0) is 13.7. The maximum atomic E-state index is 2.52. The van der Waals surface area contributed by atoms with E-state index in [0.717, 1.165) is 0 Å². The molecular formula is C16H35ClIN. The van der Waals surface area contributed by atoms with Crippen molar-refractivity contribution in [1.82, 2.24) is 0 Å². The van der Waals surface area contributed by atoms with E-state index in [1.807, 2.05) is 0 Å². The van der Waals surface area contributed by atoms with Crippen molar-refractivity contribution in [3.63, 3.8) is 0 Å². The maximum Gasteiger partial charge on any atom is 0.0786 e. The quantitative estimate of drug-likeness (QED) is 0.192. The minimum Gasteiger partial charge on any atom is -1.00 e. The molecule has 0 spiro atoms. The number of rotatable bonds is 13. The second-order valence-electron chi connectivity index (χ2n) is 5.69. The van der Waals surface area contributed by atoms with Crippen molar-refractivity contribution in [3.05, 3.63) is 0 Å². The van der Waals surface area contributed by atoms with Gasteiger partial charge in [-0.25, -0.2) is 0 Å². The summed E-state index contributed by atoms with van der Waals surface area (Å²) >= 11 is 2.52. The predicted octanol–water partition coefficient (Wildman–Crippen LogP) is 2.42. The van der Waals surface area contributed by atoms with Gasteiger partial charge >= 0.3 is 0 Å². The molecule has 118 valence electrons. The molecule has 19 heavy (non-hydrogen) atoms. The topological polar surface area (TPSA) is 0 Å². The van der Waals surface area contributed by atoms with E-state index in [4.69, 9.17) is 0 Å². The Labute approximate surface area is 142 Å². The van der Waals surface area contributed by atoms with Crippen molar-refractivity contribution in [2.45, 2.75) is 72.1 Å². The molecule has 0 saturated heterocycles. The van der Waals surface area contributed by atoms with Crippen LogP contribution in [0.15, 0.2) is 0 Å². The number of hydrogen-bond donors (Lipinski definition) is 0. The van der Waals surface area contributed by atoms with E-state index in [9.17, 15) is 0 Å². The van der Waals surface area contributed by atoms with E-state index >= 15 is 0 Å². The standard InChI is InChI=1S/C16H35IN.ClH/c1-4-7-13-18(14-8-5-2,15-9-6-3)16-11-10-12-17;/h4-16H2,1-3H3;1H/q+1;/p-1. The van der Waals surface area contributed by atoms with Crippen LogP contribution in [0.3, 0.4) is 0 Å².